The molecule has 0 aromatic carbocycles. The first-order valence-electron chi connectivity index (χ1n) is 1.19. The zero-order valence-electron chi connectivity index (χ0n) is 4.85. The Morgan fingerprint density at radius 1 is 1.30 bits per heavy atom. The lowest BCUT2D eigenvalue weighted by Crippen LogP contribution is -2.10. The van der Waals surface area contributed by atoms with Gasteiger partial charge < -0.3 is 27.3 Å². The van der Waals surface area contributed by atoms with Crippen LogP contribution in [0.15, 0.2) is 0 Å². The largest absolute Gasteiger partial charge is 0.480 e. The Kier molecular flexibility index (Phi) is 164. The molecule has 0 unspecified atom stereocenters. The zero-order valence-corrected chi connectivity index (χ0v) is 6.26. The van der Waals surface area contributed by atoms with Crippen molar-refractivity contribution in [2.45, 2.75) is 0 Å². The van der Waals surface area contributed by atoms with Gasteiger partial charge in [-0.05, 0) is 0 Å². The summed E-state index contributed by atoms with van der Waals surface area (Å²) in [7, 11) is 0. The highest BCUT2D eigenvalue weighted by Gasteiger charge is 1.81. The van der Waals surface area contributed by atoms with Crippen LogP contribution in [0, 0.1) is 0 Å². The van der Waals surface area contributed by atoms with E-state index in [1.165, 1.54) is 0 Å². The van der Waals surface area contributed by atoms with Gasteiger partial charge in [0.15, 0.2) is 17.4 Å². The Morgan fingerprint density at radius 2 is 1.40 bits per heavy atom. The van der Waals surface area contributed by atoms with Crippen LogP contribution in [0.5, 0.6) is 0 Å². The normalized spacial score (nSPS) is 3.70. The topological polar surface area (TPSA) is 158 Å². The van der Waals surface area contributed by atoms with Crippen molar-refractivity contribution in [3.05, 3.63) is 0 Å². The molecule has 0 aromatic heterocycles. The van der Waals surface area contributed by atoms with Crippen molar-refractivity contribution in [2.24, 2.45) is 5.73 Å². The molecule has 8 heteroatoms. The SMILES string of the molecule is NCC(=O)O.O.O.O.[AlH3].[AlH]. The zero-order chi connectivity index (χ0) is 4.28. The Balaban J connectivity index is -0.00000000800. The van der Waals surface area contributed by atoms with Crippen LogP contribution in [0.3, 0.4) is 0 Å². The molecule has 10 heavy (non-hydrogen) atoms. The fraction of sp³-hybridized carbons (Fsp3) is 0.500. The van der Waals surface area contributed by atoms with E-state index in [0.29, 0.717) is 0 Å². The van der Waals surface area contributed by atoms with E-state index in [9.17, 15) is 4.79 Å². The maximum absolute atomic E-state index is 9.24. The highest BCUT2D eigenvalue weighted by Crippen LogP contribution is 1.43. The molecule has 0 amide bonds. The Bertz CT molecular complexity index is 52.9. The maximum atomic E-state index is 9.24. The lowest BCUT2D eigenvalue weighted by molar-refractivity contribution is -0.135. The molecule has 9 N–H and O–H groups in total. The molecule has 64 valence electrons. The van der Waals surface area contributed by atoms with Crippen molar-refractivity contribution >= 4 is 40.7 Å². The quantitative estimate of drug-likeness (QED) is 0.393. The Labute approximate surface area is 79.6 Å². The number of hydrogen-bond donors (Lipinski definition) is 2. The molecule has 0 saturated heterocycles. The summed E-state index contributed by atoms with van der Waals surface area (Å²) in [6, 6.07) is 0. The third kappa shape index (κ3) is 80.8. The molecule has 0 aromatic rings. The van der Waals surface area contributed by atoms with Gasteiger partial charge in [-0.2, -0.15) is 0 Å². The van der Waals surface area contributed by atoms with Gasteiger partial charge in [-0.1, -0.05) is 0 Å². The van der Waals surface area contributed by atoms with Gasteiger partial charge in [0.05, 0.1) is 23.9 Å². The minimum atomic E-state index is -0.968. The molecule has 0 atom stereocenters. The van der Waals surface area contributed by atoms with Crippen LogP contribution in [-0.4, -0.2) is 68.8 Å². The Morgan fingerprint density at radius 3 is 1.40 bits per heavy atom. The molecule has 0 aliphatic heterocycles. The molecule has 0 spiro atoms. The molecule has 0 aliphatic carbocycles. The summed E-state index contributed by atoms with van der Waals surface area (Å²) in [5.41, 5.74) is 4.57. The molecule has 0 aliphatic rings. The van der Waals surface area contributed by atoms with Crippen molar-refractivity contribution in [2.75, 3.05) is 6.54 Å². The number of aliphatic carboxylic acids is 1. The highest BCUT2D eigenvalue weighted by molar-refractivity contribution is 5.76. The van der Waals surface area contributed by atoms with Crippen LogP contribution in [0.1, 0.15) is 0 Å². The number of hydrogen-bond acceptors (Lipinski definition) is 2. The number of carbonyl (C=O) groups is 1. The summed E-state index contributed by atoms with van der Waals surface area (Å²) in [4.78, 5) is 9.24. The summed E-state index contributed by atoms with van der Waals surface area (Å²) in [6.45, 7) is -0.278. The number of carboxylic acids is 1. The lowest BCUT2D eigenvalue weighted by atomic mass is 10.7. The first kappa shape index (κ1) is 47.6. The third-order valence-corrected chi connectivity index (χ3v) is 0.175. The molecule has 0 saturated carbocycles. The van der Waals surface area contributed by atoms with Gasteiger partial charge in [0.2, 0.25) is 0 Å². The van der Waals surface area contributed by atoms with Crippen LogP contribution >= 0.6 is 0 Å². The predicted molar refractivity (Wildman–Crippen MR) is 44.6 cm³/mol. The van der Waals surface area contributed by atoms with E-state index in [4.69, 9.17) is 5.11 Å². The maximum Gasteiger partial charge on any atom is 0.317 e. The molecular formula is C2H15Al2NO5. The lowest BCUT2D eigenvalue weighted by Gasteiger charge is -1.73. The van der Waals surface area contributed by atoms with E-state index >= 15 is 0 Å². The second-order valence-electron chi connectivity index (χ2n) is 0.598. The van der Waals surface area contributed by atoms with Crippen molar-refractivity contribution in [3.8, 4) is 0 Å². The average molecular weight is 187 g/mol. The van der Waals surface area contributed by atoms with Gasteiger partial charge in [-0.3, -0.25) is 4.79 Å². The first-order chi connectivity index (χ1) is 2.27. The van der Waals surface area contributed by atoms with Gasteiger partial charge in [-0.15, -0.1) is 0 Å². The van der Waals surface area contributed by atoms with Crippen LogP contribution in [-0.2, 0) is 4.79 Å². The van der Waals surface area contributed by atoms with Crippen molar-refractivity contribution < 1.29 is 26.3 Å². The van der Waals surface area contributed by atoms with E-state index in [-0.39, 0.29) is 57.7 Å². The second kappa shape index (κ2) is 34.4. The number of nitrogens with two attached hydrogens (primary N) is 1. The van der Waals surface area contributed by atoms with E-state index in [2.05, 4.69) is 5.73 Å². The molecule has 0 fully saturated rings. The molecule has 0 bridgehead atoms. The summed E-state index contributed by atoms with van der Waals surface area (Å²) in [6.07, 6.45) is 0. The minimum Gasteiger partial charge on any atom is -0.480 e. The summed E-state index contributed by atoms with van der Waals surface area (Å²) in [5, 5.41) is 7.60. The smallest absolute Gasteiger partial charge is 0.317 e. The van der Waals surface area contributed by atoms with Crippen LogP contribution < -0.4 is 5.73 Å². The first-order valence-corrected chi connectivity index (χ1v) is 1.19. The molecule has 0 rings (SSSR count). The van der Waals surface area contributed by atoms with Gasteiger partial charge in [0.1, 0.15) is 0 Å². The number of rotatable bonds is 1. The van der Waals surface area contributed by atoms with Crippen molar-refractivity contribution in [1.29, 1.82) is 0 Å². The molecule has 2 radical (unpaired) electrons. The fourth-order valence-corrected chi connectivity index (χ4v) is 0. The van der Waals surface area contributed by atoms with E-state index in [1.807, 2.05) is 0 Å². The summed E-state index contributed by atoms with van der Waals surface area (Å²) < 4.78 is 0. The van der Waals surface area contributed by atoms with Crippen LogP contribution in [0.4, 0.5) is 0 Å². The van der Waals surface area contributed by atoms with Gasteiger partial charge in [-0.25, -0.2) is 0 Å². The van der Waals surface area contributed by atoms with Crippen molar-refractivity contribution in [3.63, 3.8) is 0 Å². The van der Waals surface area contributed by atoms with E-state index in [1.54, 1.807) is 0 Å². The summed E-state index contributed by atoms with van der Waals surface area (Å²) in [5.74, 6) is -0.968. The molecule has 0 heterocycles. The minimum absolute atomic E-state index is 0. The van der Waals surface area contributed by atoms with Gasteiger partial charge in [0.25, 0.3) is 0 Å². The molecular weight excluding hydrogens is 172 g/mol. The monoisotopic (exact) mass is 187 g/mol. The van der Waals surface area contributed by atoms with Crippen LogP contribution in [0.2, 0.25) is 0 Å². The fourth-order valence-electron chi connectivity index (χ4n) is 0. The number of carboxylic acid groups (broad SMARTS) is 1. The van der Waals surface area contributed by atoms with Gasteiger partial charge in [0, 0.05) is 0 Å². The van der Waals surface area contributed by atoms with Crippen molar-refractivity contribution in [1.82, 2.24) is 0 Å². The predicted octanol–water partition coefficient (Wildman–Crippen LogP) is -5.28. The van der Waals surface area contributed by atoms with Crippen LogP contribution in [0.25, 0.3) is 0 Å². The molecule has 6 nitrogen and oxygen atoms in total. The van der Waals surface area contributed by atoms with Gasteiger partial charge >= 0.3 is 5.97 Å². The summed E-state index contributed by atoms with van der Waals surface area (Å²) >= 11 is 0. The average Bonchev–Trinajstić information content (AvgIpc) is 1.38. The Hall–Kier alpha value is 0.375. The standard InChI is InChI=1S/C2H5NO2.2Al.3H2O.4H/c3-1-2(4)5;;;;;;;;;/h1,3H2,(H,4,5);;;3*1H2;;;;. The van der Waals surface area contributed by atoms with E-state index in [0.717, 1.165) is 0 Å². The highest BCUT2D eigenvalue weighted by atomic mass is 27.0. The second-order valence-corrected chi connectivity index (χ2v) is 0.598. The third-order valence-electron chi connectivity index (χ3n) is 0.175. The van der Waals surface area contributed by atoms with E-state index < -0.39 is 5.97 Å².